The summed E-state index contributed by atoms with van der Waals surface area (Å²) in [7, 11) is 1.95. The summed E-state index contributed by atoms with van der Waals surface area (Å²) in [4.78, 5) is 6.99. The quantitative estimate of drug-likeness (QED) is 0.850. The van der Waals surface area contributed by atoms with Crippen molar-refractivity contribution in [2.24, 2.45) is 0 Å². The molecule has 0 bridgehead atoms. The maximum atomic E-state index is 5.92. The number of pyridine rings is 1. The van der Waals surface area contributed by atoms with E-state index in [-0.39, 0.29) is 0 Å². The Balaban J connectivity index is 1.97. The van der Waals surface area contributed by atoms with Gasteiger partial charge in [0.1, 0.15) is 6.61 Å². The molecule has 106 valence electrons. The lowest BCUT2D eigenvalue weighted by Crippen LogP contribution is -2.25. The van der Waals surface area contributed by atoms with Crippen LogP contribution in [0.3, 0.4) is 0 Å². The third-order valence-corrected chi connectivity index (χ3v) is 3.64. The summed E-state index contributed by atoms with van der Waals surface area (Å²) >= 11 is 0. The van der Waals surface area contributed by atoms with Crippen molar-refractivity contribution in [3.63, 3.8) is 0 Å². The highest BCUT2D eigenvalue weighted by molar-refractivity contribution is 5.35. The Kier molecular flexibility index (Phi) is 5.16. The first kappa shape index (κ1) is 14.3. The Labute approximate surface area is 116 Å². The summed E-state index contributed by atoms with van der Waals surface area (Å²) in [5.41, 5.74) is 3.45. The summed E-state index contributed by atoms with van der Waals surface area (Å²) in [6.07, 6.45) is 2.65. The van der Waals surface area contributed by atoms with E-state index < -0.39 is 0 Å². The minimum Gasteiger partial charge on any atom is -0.476 e. The minimum absolute atomic E-state index is 0.729. The van der Waals surface area contributed by atoms with Gasteiger partial charge in [-0.25, -0.2) is 4.98 Å². The number of nitrogens with zero attached hydrogens (tertiary/aromatic N) is 2. The van der Waals surface area contributed by atoms with E-state index in [0.717, 1.165) is 31.3 Å². The number of hydrogen-bond acceptors (Lipinski definition) is 4. The fourth-order valence-electron chi connectivity index (χ4n) is 2.62. The second-order valence-corrected chi connectivity index (χ2v) is 5.29. The monoisotopic (exact) mass is 263 g/mol. The Hall–Kier alpha value is -1.13. The molecule has 0 aliphatic carbocycles. The first-order chi connectivity index (χ1) is 9.20. The molecule has 0 radical (unpaired) electrons. The van der Waals surface area contributed by atoms with Crippen LogP contribution >= 0.6 is 0 Å². The molecule has 1 aliphatic rings. The van der Waals surface area contributed by atoms with E-state index in [1.54, 1.807) is 0 Å². The molecule has 1 saturated heterocycles. The molecule has 0 spiro atoms. The maximum Gasteiger partial charge on any atom is 0.218 e. The van der Waals surface area contributed by atoms with Gasteiger partial charge in [0.05, 0.1) is 0 Å². The third kappa shape index (κ3) is 3.91. The van der Waals surface area contributed by atoms with Crippen LogP contribution < -0.4 is 10.1 Å². The summed E-state index contributed by atoms with van der Waals surface area (Å²) in [6.45, 7) is 9.11. The highest BCUT2D eigenvalue weighted by Gasteiger charge is 2.13. The van der Waals surface area contributed by atoms with Gasteiger partial charge in [-0.1, -0.05) is 0 Å². The van der Waals surface area contributed by atoms with Gasteiger partial charge in [-0.2, -0.15) is 0 Å². The molecule has 1 aliphatic heterocycles. The molecular weight excluding hydrogens is 238 g/mol. The van der Waals surface area contributed by atoms with Crippen LogP contribution in [0, 0.1) is 13.8 Å². The van der Waals surface area contributed by atoms with Crippen LogP contribution in [0.1, 0.15) is 29.7 Å². The summed E-state index contributed by atoms with van der Waals surface area (Å²) in [5.74, 6) is 0.797. The minimum atomic E-state index is 0.729. The molecule has 1 N–H and O–H groups in total. The molecule has 0 amide bonds. The number of aromatic nitrogens is 1. The molecule has 1 aromatic rings. The average Bonchev–Trinajstić information content (AvgIpc) is 2.86. The number of ether oxygens (including phenoxy) is 1. The van der Waals surface area contributed by atoms with Gasteiger partial charge in [0.25, 0.3) is 0 Å². The zero-order valence-electron chi connectivity index (χ0n) is 12.3. The second-order valence-electron chi connectivity index (χ2n) is 5.29. The fourth-order valence-corrected chi connectivity index (χ4v) is 2.62. The summed E-state index contributed by atoms with van der Waals surface area (Å²) in [5, 5.41) is 3.19. The molecule has 0 unspecified atom stereocenters. The van der Waals surface area contributed by atoms with Gasteiger partial charge in [-0.05, 0) is 58.5 Å². The Morgan fingerprint density at radius 2 is 2.05 bits per heavy atom. The third-order valence-electron chi connectivity index (χ3n) is 3.64. The van der Waals surface area contributed by atoms with E-state index in [9.17, 15) is 0 Å². The standard InChI is InChI=1S/C15H25N3O/c1-12-10-13(2)17-15(14(12)11-16-3)19-9-8-18-6-4-5-7-18/h10,16H,4-9,11H2,1-3H3. The number of nitrogens with one attached hydrogen (secondary N) is 1. The molecule has 4 heteroatoms. The second kappa shape index (κ2) is 6.87. The zero-order valence-corrected chi connectivity index (χ0v) is 12.3. The summed E-state index contributed by atoms with van der Waals surface area (Å²) < 4.78 is 5.92. The van der Waals surface area contributed by atoms with Crippen LogP contribution in [-0.4, -0.2) is 43.2 Å². The van der Waals surface area contributed by atoms with Crippen LogP contribution in [0.25, 0.3) is 0 Å². The number of hydrogen-bond donors (Lipinski definition) is 1. The first-order valence-corrected chi connectivity index (χ1v) is 7.17. The summed E-state index contributed by atoms with van der Waals surface area (Å²) in [6, 6.07) is 2.11. The molecule has 1 aromatic heterocycles. The predicted molar refractivity (Wildman–Crippen MR) is 77.6 cm³/mol. The van der Waals surface area contributed by atoms with Crippen molar-refractivity contribution < 1.29 is 4.74 Å². The van der Waals surface area contributed by atoms with E-state index in [4.69, 9.17) is 4.74 Å². The Morgan fingerprint density at radius 3 is 2.74 bits per heavy atom. The van der Waals surface area contributed by atoms with Gasteiger partial charge >= 0.3 is 0 Å². The normalized spacial score (nSPS) is 15.9. The van der Waals surface area contributed by atoms with Gasteiger partial charge in [0.15, 0.2) is 0 Å². The highest BCUT2D eigenvalue weighted by Crippen LogP contribution is 2.21. The lowest BCUT2D eigenvalue weighted by atomic mass is 10.1. The lowest BCUT2D eigenvalue weighted by molar-refractivity contribution is 0.229. The van der Waals surface area contributed by atoms with Crippen molar-refractivity contribution in [1.29, 1.82) is 0 Å². The number of rotatable bonds is 6. The largest absolute Gasteiger partial charge is 0.476 e. The van der Waals surface area contributed by atoms with E-state index in [0.29, 0.717) is 0 Å². The molecule has 0 saturated carbocycles. The van der Waals surface area contributed by atoms with Gasteiger partial charge in [-0.3, -0.25) is 4.90 Å². The van der Waals surface area contributed by atoms with Gasteiger partial charge in [-0.15, -0.1) is 0 Å². The molecule has 19 heavy (non-hydrogen) atoms. The van der Waals surface area contributed by atoms with Crippen LogP contribution in [0.2, 0.25) is 0 Å². The van der Waals surface area contributed by atoms with Crippen LogP contribution in [0.15, 0.2) is 6.07 Å². The van der Waals surface area contributed by atoms with Gasteiger partial charge < -0.3 is 10.1 Å². The van der Waals surface area contributed by atoms with E-state index in [1.165, 1.54) is 37.1 Å². The van der Waals surface area contributed by atoms with Crippen molar-refractivity contribution >= 4 is 0 Å². The van der Waals surface area contributed by atoms with Crippen molar-refractivity contribution in [2.75, 3.05) is 33.3 Å². The first-order valence-electron chi connectivity index (χ1n) is 7.17. The van der Waals surface area contributed by atoms with E-state index >= 15 is 0 Å². The van der Waals surface area contributed by atoms with Crippen LogP contribution in [0.5, 0.6) is 5.88 Å². The maximum absolute atomic E-state index is 5.92. The SMILES string of the molecule is CNCc1c(C)cc(C)nc1OCCN1CCCC1. The smallest absolute Gasteiger partial charge is 0.218 e. The van der Waals surface area contributed by atoms with Crippen LogP contribution in [-0.2, 0) is 6.54 Å². The van der Waals surface area contributed by atoms with Crippen molar-refractivity contribution in [1.82, 2.24) is 15.2 Å². The molecular formula is C15H25N3O. The fraction of sp³-hybridized carbons (Fsp3) is 0.667. The average molecular weight is 263 g/mol. The number of aryl methyl sites for hydroxylation is 2. The molecule has 0 aromatic carbocycles. The van der Waals surface area contributed by atoms with Gasteiger partial charge in [0.2, 0.25) is 5.88 Å². The van der Waals surface area contributed by atoms with Crippen molar-refractivity contribution in [3.05, 3.63) is 22.9 Å². The van der Waals surface area contributed by atoms with Crippen molar-refractivity contribution in [2.45, 2.75) is 33.2 Å². The van der Waals surface area contributed by atoms with Crippen molar-refractivity contribution in [3.8, 4) is 5.88 Å². The molecule has 4 nitrogen and oxygen atoms in total. The van der Waals surface area contributed by atoms with Crippen LogP contribution in [0.4, 0.5) is 0 Å². The zero-order chi connectivity index (χ0) is 13.7. The molecule has 1 fully saturated rings. The topological polar surface area (TPSA) is 37.4 Å². The van der Waals surface area contributed by atoms with E-state index in [2.05, 4.69) is 28.2 Å². The van der Waals surface area contributed by atoms with Gasteiger partial charge in [0, 0.05) is 24.3 Å². The highest BCUT2D eigenvalue weighted by atomic mass is 16.5. The number of likely N-dealkylation sites (tertiary alicyclic amines) is 1. The molecule has 0 atom stereocenters. The predicted octanol–water partition coefficient (Wildman–Crippen LogP) is 1.89. The lowest BCUT2D eigenvalue weighted by Gasteiger charge is -2.17. The Bertz CT molecular complexity index is 414. The van der Waals surface area contributed by atoms with E-state index in [1.807, 2.05) is 14.0 Å². The molecule has 2 heterocycles. The molecule has 2 rings (SSSR count). The Morgan fingerprint density at radius 1 is 1.32 bits per heavy atom.